The summed E-state index contributed by atoms with van der Waals surface area (Å²) in [5.41, 5.74) is 1.29. The lowest BCUT2D eigenvalue weighted by molar-refractivity contribution is 0.0706. The fraction of sp³-hybridized carbons (Fsp3) is 0.333. The molecule has 1 aliphatic rings. The molecule has 2 aromatic heterocycles. The molecule has 0 bridgehead atoms. The van der Waals surface area contributed by atoms with Crippen molar-refractivity contribution in [1.82, 2.24) is 19.7 Å². The van der Waals surface area contributed by atoms with Crippen LogP contribution in [0.4, 0.5) is 0 Å². The van der Waals surface area contributed by atoms with Crippen LogP contribution in [0.2, 0.25) is 0 Å². The van der Waals surface area contributed by atoms with Gasteiger partial charge < -0.3 is 4.90 Å². The predicted molar refractivity (Wildman–Crippen MR) is 124 cm³/mol. The number of para-hydroxylation sites is 1. The van der Waals surface area contributed by atoms with Gasteiger partial charge >= 0.3 is 0 Å². The molecule has 7 heteroatoms. The summed E-state index contributed by atoms with van der Waals surface area (Å²) in [6, 6.07) is 15.5. The van der Waals surface area contributed by atoms with Crippen molar-refractivity contribution in [2.75, 3.05) is 13.1 Å². The molecule has 4 aromatic rings. The first-order chi connectivity index (χ1) is 15.2. The zero-order valence-electron chi connectivity index (χ0n) is 17.5. The number of benzene rings is 2. The Balaban J connectivity index is 1.39. The molecular weight excluding hydrogens is 408 g/mol. The van der Waals surface area contributed by atoms with Crippen molar-refractivity contribution in [3.63, 3.8) is 0 Å². The molecule has 5 rings (SSSR count). The highest BCUT2D eigenvalue weighted by Gasteiger charge is 2.28. The van der Waals surface area contributed by atoms with E-state index < -0.39 is 0 Å². The number of hydrogen-bond acceptors (Lipinski definition) is 5. The average Bonchev–Trinajstić information content (AvgIpc) is 3.25. The number of thiazole rings is 1. The van der Waals surface area contributed by atoms with E-state index >= 15 is 0 Å². The van der Waals surface area contributed by atoms with Crippen molar-refractivity contribution in [3.05, 3.63) is 69.6 Å². The third-order valence-corrected chi connectivity index (χ3v) is 7.15. The fourth-order valence-corrected chi connectivity index (χ4v) is 5.44. The predicted octanol–water partition coefficient (Wildman–Crippen LogP) is 4.44. The molecule has 6 nitrogen and oxygen atoms in total. The van der Waals surface area contributed by atoms with E-state index in [-0.39, 0.29) is 11.5 Å². The lowest BCUT2D eigenvalue weighted by Crippen LogP contribution is -2.39. The Bertz CT molecular complexity index is 1290. The Morgan fingerprint density at radius 2 is 1.77 bits per heavy atom. The zero-order chi connectivity index (χ0) is 21.4. The van der Waals surface area contributed by atoms with Gasteiger partial charge in [0, 0.05) is 30.9 Å². The summed E-state index contributed by atoms with van der Waals surface area (Å²) in [6.07, 6.45) is 2.56. The van der Waals surface area contributed by atoms with E-state index in [0.29, 0.717) is 42.0 Å². The highest BCUT2D eigenvalue weighted by Crippen LogP contribution is 2.34. The summed E-state index contributed by atoms with van der Waals surface area (Å²) in [4.78, 5) is 32.8. The van der Waals surface area contributed by atoms with Gasteiger partial charge in [-0.3, -0.25) is 9.59 Å². The van der Waals surface area contributed by atoms with Gasteiger partial charge in [0.1, 0.15) is 0 Å². The van der Waals surface area contributed by atoms with Crippen LogP contribution < -0.4 is 5.56 Å². The maximum atomic E-state index is 13.4. The van der Waals surface area contributed by atoms with E-state index in [4.69, 9.17) is 4.98 Å². The Morgan fingerprint density at radius 3 is 2.52 bits per heavy atom. The molecule has 0 atom stereocenters. The van der Waals surface area contributed by atoms with Gasteiger partial charge in [-0.15, -0.1) is 11.3 Å². The molecule has 31 heavy (non-hydrogen) atoms. The van der Waals surface area contributed by atoms with Gasteiger partial charge in [0.15, 0.2) is 5.69 Å². The summed E-state index contributed by atoms with van der Waals surface area (Å²) in [6.45, 7) is 3.84. The summed E-state index contributed by atoms with van der Waals surface area (Å²) >= 11 is 1.76. The fourth-order valence-electron chi connectivity index (χ4n) is 4.30. The van der Waals surface area contributed by atoms with Crippen LogP contribution in [0.15, 0.2) is 53.3 Å². The molecule has 0 aliphatic carbocycles. The van der Waals surface area contributed by atoms with Gasteiger partial charge in [0.2, 0.25) is 0 Å². The number of hydrogen-bond donors (Lipinski definition) is 0. The molecule has 3 heterocycles. The summed E-state index contributed by atoms with van der Waals surface area (Å²) in [7, 11) is 0. The van der Waals surface area contributed by atoms with Crippen LogP contribution in [-0.4, -0.2) is 38.7 Å². The number of fused-ring (bicyclic) bond motifs is 2. The molecule has 2 aromatic carbocycles. The Labute approximate surface area is 184 Å². The topological polar surface area (TPSA) is 68.1 Å². The molecule has 1 saturated heterocycles. The molecule has 1 fully saturated rings. The molecule has 158 valence electrons. The van der Waals surface area contributed by atoms with Gasteiger partial charge in [-0.25, -0.2) is 9.67 Å². The second-order valence-corrected chi connectivity index (χ2v) is 9.07. The van der Waals surface area contributed by atoms with Crippen LogP contribution in [0.3, 0.4) is 0 Å². The van der Waals surface area contributed by atoms with Gasteiger partial charge in [0.25, 0.3) is 11.5 Å². The molecule has 1 amide bonds. The number of piperidine rings is 1. The lowest BCUT2D eigenvalue weighted by atomic mass is 9.97. The van der Waals surface area contributed by atoms with Crippen LogP contribution in [0.25, 0.3) is 21.0 Å². The second kappa shape index (κ2) is 8.23. The first kappa shape index (κ1) is 19.9. The zero-order valence-corrected chi connectivity index (χ0v) is 18.3. The van der Waals surface area contributed by atoms with Crippen molar-refractivity contribution in [2.24, 2.45) is 0 Å². The van der Waals surface area contributed by atoms with Crippen LogP contribution >= 0.6 is 11.3 Å². The van der Waals surface area contributed by atoms with E-state index in [1.165, 1.54) is 9.38 Å². The first-order valence-electron chi connectivity index (χ1n) is 10.8. The number of likely N-dealkylation sites (tertiary alicyclic amines) is 1. The largest absolute Gasteiger partial charge is 0.337 e. The SMILES string of the molecule is CCCn1nc(C(=O)N2CCC(c3nc4ccccc4s3)CC2)c2ccccc2c1=O. The minimum Gasteiger partial charge on any atom is -0.337 e. The Morgan fingerprint density at radius 1 is 1.06 bits per heavy atom. The van der Waals surface area contributed by atoms with Crippen molar-refractivity contribution >= 4 is 38.2 Å². The lowest BCUT2D eigenvalue weighted by Gasteiger charge is -2.31. The second-order valence-electron chi connectivity index (χ2n) is 8.01. The summed E-state index contributed by atoms with van der Waals surface area (Å²) in [5.74, 6) is 0.281. The third-order valence-electron chi connectivity index (χ3n) is 5.95. The van der Waals surface area contributed by atoms with Crippen LogP contribution in [0.5, 0.6) is 0 Å². The van der Waals surface area contributed by atoms with Gasteiger partial charge in [-0.2, -0.15) is 5.10 Å². The van der Waals surface area contributed by atoms with E-state index in [1.807, 2.05) is 42.2 Å². The number of nitrogens with zero attached hydrogens (tertiary/aromatic N) is 4. The minimum absolute atomic E-state index is 0.0937. The van der Waals surface area contributed by atoms with Crippen LogP contribution in [-0.2, 0) is 6.54 Å². The van der Waals surface area contributed by atoms with Crippen molar-refractivity contribution in [3.8, 4) is 0 Å². The van der Waals surface area contributed by atoms with Crippen LogP contribution in [0.1, 0.15) is 47.6 Å². The highest BCUT2D eigenvalue weighted by atomic mass is 32.1. The molecular formula is C24H24N4O2S. The molecule has 0 N–H and O–H groups in total. The standard InChI is InChI=1S/C24H24N4O2S/c1-2-13-28-23(29)18-8-4-3-7-17(18)21(26-28)24(30)27-14-11-16(12-15-27)22-25-19-9-5-6-10-20(19)31-22/h3-10,16H,2,11-15H2,1H3. The maximum absolute atomic E-state index is 13.4. The first-order valence-corrected chi connectivity index (χ1v) is 11.6. The quantitative estimate of drug-likeness (QED) is 0.478. The number of carbonyl (C=O) groups is 1. The van der Waals surface area contributed by atoms with E-state index in [1.54, 1.807) is 17.4 Å². The van der Waals surface area contributed by atoms with Gasteiger partial charge in [0.05, 0.1) is 20.6 Å². The normalized spacial score (nSPS) is 15.1. The Kier molecular flexibility index (Phi) is 5.28. The van der Waals surface area contributed by atoms with E-state index in [2.05, 4.69) is 17.2 Å². The van der Waals surface area contributed by atoms with E-state index in [0.717, 1.165) is 29.8 Å². The minimum atomic E-state index is -0.136. The van der Waals surface area contributed by atoms with Crippen molar-refractivity contribution < 1.29 is 4.79 Å². The number of rotatable bonds is 4. The van der Waals surface area contributed by atoms with Gasteiger partial charge in [-0.1, -0.05) is 37.3 Å². The Hall–Kier alpha value is -3.06. The summed E-state index contributed by atoms with van der Waals surface area (Å²) in [5, 5.41) is 6.83. The molecule has 0 radical (unpaired) electrons. The highest BCUT2D eigenvalue weighted by molar-refractivity contribution is 7.18. The van der Waals surface area contributed by atoms with Crippen molar-refractivity contribution in [2.45, 2.75) is 38.6 Å². The number of carbonyl (C=O) groups excluding carboxylic acids is 1. The smallest absolute Gasteiger partial charge is 0.274 e. The monoisotopic (exact) mass is 432 g/mol. The van der Waals surface area contributed by atoms with E-state index in [9.17, 15) is 9.59 Å². The number of amides is 1. The third kappa shape index (κ3) is 3.63. The molecule has 0 spiro atoms. The molecule has 0 unspecified atom stereocenters. The van der Waals surface area contributed by atoms with Crippen LogP contribution in [0, 0.1) is 0 Å². The van der Waals surface area contributed by atoms with Gasteiger partial charge in [-0.05, 0) is 37.5 Å². The maximum Gasteiger partial charge on any atom is 0.274 e. The molecule has 1 aliphatic heterocycles. The van der Waals surface area contributed by atoms with Crippen molar-refractivity contribution in [1.29, 1.82) is 0 Å². The summed E-state index contributed by atoms with van der Waals surface area (Å²) < 4.78 is 2.65. The number of aryl methyl sites for hydroxylation is 1. The average molecular weight is 433 g/mol. The number of aromatic nitrogens is 3. The molecule has 0 saturated carbocycles.